The van der Waals surface area contributed by atoms with Gasteiger partial charge < -0.3 is 4.98 Å². The number of aliphatic imine (C=N–C) groups is 1. The molecule has 3 nitrogen and oxygen atoms in total. The number of pyridine rings is 1. The van der Waals surface area contributed by atoms with E-state index in [9.17, 15) is 4.79 Å². The lowest BCUT2D eigenvalue weighted by atomic mass is 9.63. The Hall–Kier alpha value is -2.65. The maximum atomic E-state index is 11.9. The second-order valence-corrected chi connectivity index (χ2v) is 7.89. The minimum absolute atomic E-state index is 0.0624. The summed E-state index contributed by atoms with van der Waals surface area (Å²) in [6.45, 7) is 4.23. The van der Waals surface area contributed by atoms with Gasteiger partial charge in [-0.25, -0.2) is 0 Å². The number of H-pyrrole nitrogens is 1. The smallest absolute Gasteiger partial charge is 0.248 e. The molecule has 2 aromatic rings. The number of hydrogen-bond acceptors (Lipinski definition) is 2. The Labute approximate surface area is 170 Å². The molecule has 2 atom stereocenters. The summed E-state index contributed by atoms with van der Waals surface area (Å²) in [5, 5.41) is 0.653. The molecule has 4 rings (SSSR count). The first-order chi connectivity index (χ1) is 13.5. The first-order valence-corrected chi connectivity index (χ1v) is 9.94. The summed E-state index contributed by atoms with van der Waals surface area (Å²) in [6.07, 6.45) is 9.76. The summed E-state index contributed by atoms with van der Waals surface area (Å²) in [5.41, 5.74) is 5.10. The Morgan fingerprint density at radius 3 is 2.79 bits per heavy atom. The Morgan fingerprint density at radius 2 is 2.04 bits per heavy atom. The molecule has 1 N–H and O–H groups in total. The zero-order valence-electron chi connectivity index (χ0n) is 16.1. The number of allylic oxidation sites excluding steroid dienone is 3. The Kier molecular flexibility index (Phi) is 4.94. The minimum Gasteiger partial charge on any atom is -0.326 e. The average Bonchev–Trinajstić information content (AvgIpc) is 2.67. The van der Waals surface area contributed by atoms with Crippen LogP contribution in [0.25, 0.3) is 5.03 Å². The van der Waals surface area contributed by atoms with Gasteiger partial charge in [-0.2, -0.15) is 0 Å². The van der Waals surface area contributed by atoms with Crippen molar-refractivity contribution >= 4 is 22.8 Å². The van der Waals surface area contributed by atoms with Crippen molar-refractivity contribution in [3.8, 4) is 0 Å². The van der Waals surface area contributed by atoms with E-state index in [0.29, 0.717) is 5.03 Å². The molecule has 1 aromatic heterocycles. The molecule has 2 unspecified atom stereocenters. The Balaban J connectivity index is 1.82. The van der Waals surface area contributed by atoms with E-state index in [1.165, 1.54) is 11.1 Å². The van der Waals surface area contributed by atoms with Crippen LogP contribution in [-0.4, -0.2) is 11.2 Å². The van der Waals surface area contributed by atoms with Crippen LogP contribution in [0.3, 0.4) is 0 Å². The van der Waals surface area contributed by atoms with Crippen LogP contribution in [0.1, 0.15) is 37.1 Å². The minimum atomic E-state index is -0.486. The summed E-state index contributed by atoms with van der Waals surface area (Å²) in [5.74, 6) is 0.259. The number of hydrogen-bond donors (Lipinski definition) is 1. The highest BCUT2D eigenvalue weighted by Crippen LogP contribution is 2.51. The number of fused-ring (bicyclic) bond motifs is 4. The standard InChI is InChI=1S/C24H23ClN2O/c1-3-19-18-13-16(2)15-24(19,20-9-10-23(28)27-22(20)14-18)26-12-11-21(25)17-7-5-4-6-8-17/h3-13,18H,14-15H2,1-2H3,(H,27,28). The number of aromatic amines is 1. The van der Waals surface area contributed by atoms with Gasteiger partial charge in [0, 0.05) is 40.9 Å². The highest BCUT2D eigenvalue weighted by atomic mass is 35.5. The van der Waals surface area contributed by atoms with Gasteiger partial charge in [0.2, 0.25) is 5.56 Å². The fraction of sp³-hybridized carbons (Fsp3) is 0.250. The first kappa shape index (κ1) is 18.7. The van der Waals surface area contributed by atoms with E-state index in [4.69, 9.17) is 16.6 Å². The lowest BCUT2D eigenvalue weighted by Crippen LogP contribution is -2.40. The molecule has 142 valence electrons. The zero-order chi connectivity index (χ0) is 19.7. The third-order valence-corrected chi connectivity index (χ3v) is 5.99. The third kappa shape index (κ3) is 3.20. The molecule has 0 saturated carbocycles. The van der Waals surface area contributed by atoms with Crippen LogP contribution in [-0.2, 0) is 12.0 Å². The molecule has 2 aliphatic rings. The van der Waals surface area contributed by atoms with E-state index in [0.717, 1.165) is 29.7 Å². The molecule has 0 spiro atoms. The van der Waals surface area contributed by atoms with E-state index in [2.05, 4.69) is 31.0 Å². The number of nitrogens with zero attached hydrogens (tertiary/aromatic N) is 1. The second-order valence-electron chi connectivity index (χ2n) is 7.48. The quantitative estimate of drug-likeness (QED) is 0.554. The van der Waals surface area contributed by atoms with Crippen molar-refractivity contribution in [2.75, 3.05) is 0 Å². The SMILES string of the molecule is CC=C1C2C=C(C)CC1(N=CC=C(Cl)c1ccccc1)c1ccc(=O)[nH]c1C2. The van der Waals surface area contributed by atoms with Crippen molar-refractivity contribution in [1.82, 2.24) is 4.98 Å². The van der Waals surface area contributed by atoms with Crippen LogP contribution in [0.2, 0.25) is 0 Å². The number of halogens is 1. The lowest BCUT2D eigenvalue weighted by Gasteiger charge is -2.45. The van der Waals surface area contributed by atoms with Gasteiger partial charge in [-0.1, -0.05) is 59.7 Å². The average molecular weight is 391 g/mol. The van der Waals surface area contributed by atoms with Gasteiger partial charge in [-0.05, 0) is 43.5 Å². The first-order valence-electron chi connectivity index (χ1n) is 9.56. The highest BCUT2D eigenvalue weighted by Gasteiger charge is 2.46. The van der Waals surface area contributed by atoms with Gasteiger partial charge in [0.05, 0.1) is 0 Å². The number of aromatic nitrogens is 1. The lowest BCUT2D eigenvalue weighted by molar-refractivity contribution is 0.413. The molecular formula is C24H23ClN2O. The molecule has 0 radical (unpaired) electrons. The van der Waals surface area contributed by atoms with E-state index in [1.807, 2.05) is 48.7 Å². The van der Waals surface area contributed by atoms with Crippen molar-refractivity contribution < 1.29 is 0 Å². The molecule has 28 heavy (non-hydrogen) atoms. The number of benzene rings is 1. The van der Waals surface area contributed by atoms with Gasteiger partial charge in [-0.3, -0.25) is 9.79 Å². The maximum absolute atomic E-state index is 11.9. The summed E-state index contributed by atoms with van der Waals surface area (Å²) in [4.78, 5) is 20.0. The molecule has 0 aliphatic heterocycles. The van der Waals surface area contributed by atoms with Crippen LogP contribution in [0.5, 0.6) is 0 Å². The van der Waals surface area contributed by atoms with Gasteiger partial charge in [-0.15, -0.1) is 0 Å². The van der Waals surface area contributed by atoms with Crippen molar-refractivity contribution in [3.05, 3.63) is 99.0 Å². The van der Waals surface area contributed by atoms with Gasteiger partial charge in [0.15, 0.2) is 0 Å². The molecule has 0 fully saturated rings. The maximum Gasteiger partial charge on any atom is 0.248 e. The van der Waals surface area contributed by atoms with Crippen molar-refractivity contribution in [1.29, 1.82) is 0 Å². The highest BCUT2D eigenvalue weighted by molar-refractivity contribution is 6.49. The van der Waals surface area contributed by atoms with E-state index in [-0.39, 0.29) is 11.5 Å². The van der Waals surface area contributed by atoms with E-state index in [1.54, 1.807) is 6.07 Å². The summed E-state index contributed by atoms with van der Waals surface area (Å²) in [7, 11) is 0. The van der Waals surface area contributed by atoms with Crippen LogP contribution in [0.15, 0.2) is 81.6 Å². The summed E-state index contributed by atoms with van der Waals surface area (Å²) < 4.78 is 0. The Morgan fingerprint density at radius 1 is 1.25 bits per heavy atom. The molecular weight excluding hydrogens is 368 g/mol. The largest absolute Gasteiger partial charge is 0.326 e. The van der Waals surface area contributed by atoms with Crippen LogP contribution < -0.4 is 5.56 Å². The van der Waals surface area contributed by atoms with E-state index < -0.39 is 5.54 Å². The summed E-state index contributed by atoms with van der Waals surface area (Å²) in [6, 6.07) is 13.4. The second kappa shape index (κ2) is 7.40. The molecule has 0 amide bonds. The van der Waals surface area contributed by atoms with Gasteiger partial charge in [0.25, 0.3) is 0 Å². The van der Waals surface area contributed by atoms with Gasteiger partial charge in [0.1, 0.15) is 5.54 Å². The van der Waals surface area contributed by atoms with Crippen molar-refractivity contribution in [2.24, 2.45) is 10.9 Å². The summed E-state index contributed by atoms with van der Waals surface area (Å²) >= 11 is 6.47. The number of nitrogens with one attached hydrogen (secondary N) is 1. The zero-order valence-corrected chi connectivity index (χ0v) is 16.8. The fourth-order valence-electron chi connectivity index (χ4n) is 4.58. The fourth-order valence-corrected chi connectivity index (χ4v) is 4.76. The van der Waals surface area contributed by atoms with Crippen molar-refractivity contribution in [3.63, 3.8) is 0 Å². The third-order valence-electron chi connectivity index (χ3n) is 5.64. The topological polar surface area (TPSA) is 45.2 Å². The molecule has 1 aromatic carbocycles. The van der Waals surface area contributed by atoms with Gasteiger partial charge >= 0.3 is 0 Å². The molecule has 2 bridgehead atoms. The number of rotatable bonds is 3. The molecule has 0 saturated heterocycles. The molecule has 4 heteroatoms. The van der Waals surface area contributed by atoms with Crippen molar-refractivity contribution in [2.45, 2.75) is 32.2 Å². The van der Waals surface area contributed by atoms with Crippen LogP contribution in [0, 0.1) is 5.92 Å². The van der Waals surface area contributed by atoms with Crippen LogP contribution >= 0.6 is 11.6 Å². The van der Waals surface area contributed by atoms with E-state index >= 15 is 0 Å². The predicted octanol–water partition coefficient (Wildman–Crippen LogP) is 5.39. The van der Waals surface area contributed by atoms with Crippen LogP contribution in [0.4, 0.5) is 0 Å². The normalized spacial score (nSPS) is 25.7. The molecule has 2 aliphatic carbocycles. The predicted molar refractivity (Wildman–Crippen MR) is 117 cm³/mol. The molecule has 1 heterocycles. The monoisotopic (exact) mass is 390 g/mol. The Bertz CT molecular complexity index is 1080.